The molecule has 0 aliphatic rings. The number of methoxy groups -OCH3 is 1. The highest BCUT2D eigenvalue weighted by Gasteiger charge is 2.15. The molecule has 2 aromatic heterocycles. The summed E-state index contributed by atoms with van der Waals surface area (Å²) in [5.41, 5.74) is 9.82. The summed E-state index contributed by atoms with van der Waals surface area (Å²) in [6.45, 7) is 1.84. The quantitative estimate of drug-likeness (QED) is 0.540. The lowest BCUT2D eigenvalue weighted by atomic mass is 10.2. The molecule has 0 fully saturated rings. The van der Waals surface area contributed by atoms with E-state index in [1.54, 1.807) is 19.2 Å². The first-order valence-corrected chi connectivity index (χ1v) is 8.32. The number of anilines is 1. The smallest absolute Gasteiger partial charge is 0.283 e. The number of hydrogen-bond donors (Lipinski definition) is 2. The topological polar surface area (TPSA) is 89.8 Å². The van der Waals surface area contributed by atoms with Gasteiger partial charge in [0.25, 0.3) is 5.91 Å². The average molecular weight is 355 g/mol. The number of nitrogens with one attached hydrogen (secondary N) is 1. The van der Waals surface area contributed by atoms with Crippen molar-refractivity contribution in [3.05, 3.63) is 58.9 Å². The van der Waals surface area contributed by atoms with E-state index in [1.165, 1.54) is 17.6 Å². The number of aryl methyl sites for hydroxylation is 1. The predicted molar refractivity (Wildman–Crippen MR) is 99.2 cm³/mol. The van der Waals surface area contributed by atoms with Crippen molar-refractivity contribution in [2.75, 3.05) is 12.8 Å². The highest BCUT2D eigenvalue weighted by Crippen LogP contribution is 2.33. The van der Waals surface area contributed by atoms with Crippen molar-refractivity contribution in [2.24, 2.45) is 5.10 Å². The van der Waals surface area contributed by atoms with E-state index in [4.69, 9.17) is 14.9 Å². The second kappa shape index (κ2) is 7.23. The van der Waals surface area contributed by atoms with Crippen LogP contribution < -0.4 is 15.9 Å². The Kier molecular flexibility index (Phi) is 4.85. The van der Waals surface area contributed by atoms with Gasteiger partial charge in [-0.2, -0.15) is 5.10 Å². The third-order valence-electron chi connectivity index (χ3n) is 3.46. The second-order valence-electron chi connectivity index (χ2n) is 5.27. The lowest BCUT2D eigenvalue weighted by Crippen LogP contribution is -2.17. The summed E-state index contributed by atoms with van der Waals surface area (Å²) in [6.07, 6.45) is 1.44. The Labute approximate surface area is 148 Å². The van der Waals surface area contributed by atoms with Crippen LogP contribution in [0.4, 0.5) is 5.69 Å². The predicted octanol–water partition coefficient (Wildman–Crippen LogP) is 3.67. The van der Waals surface area contributed by atoms with Crippen molar-refractivity contribution in [1.82, 2.24) is 5.43 Å². The van der Waals surface area contributed by atoms with E-state index in [0.29, 0.717) is 16.3 Å². The van der Waals surface area contributed by atoms with Gasteiger partial charge in [0.2, 0.25) is 0 Å². The number of hydrazone groups is 1. The zero-order chi connectivity index (χ0) is 17.8. The van der Waals surface area contributed by atoms with Crippen molar-refractivity contribution < 1.29 is 13.9 Å². The molecule has 7 heteroatoms. The maximum Gasteiger partial charge on any atom is 0.283 e. The number of nitrogens with zero attached hydrogens (tertiary/aromatic N) is 1. The van der Waals surface area contributed by atoms with E-state index in [2.05, 4.69) is 10.5 Å². The molecule has 25 heavy (non-hydrogen) atoms. The molecule has 0 saturated heterocycles. The molecule has 0 bridgehead atoms. The maximum atomic E-state index is 12.3. The van der Waals surface area contributed by atoms with Gasteiger partial charge in [-0.05, 0) is 55.0 Å². The Morgan fingerprint density at radius 2 is 2.04 bits per heavy atom. The number of benzene rings is 1. The van der Waals surface area contributed by atoms with Crippen LogP contribution >= 0.6 is 11.3 Å². The summed E-state index contributed by atoms with van der Waals surface area (Å²) in [6, 6.07) is 12.9. The van der Waals surface area contributed by atoms with Crippen molar-refractivity contribution in [3.63, 3.8) is 0 Å². The Bertz CT molecular complexity index is 910. The first kappa shape index (κ1) is 16.8. The zero-order valence-electron chi connectivity index (χ0n) is 13.8. The van der Waals surface area contributed by atoms with Gasteiger partial charge in [0.1, 0.15) is 22.1 Å². The molecule has 0 spiro atoms. The molecule has 6 nitrogen and oxygen atoms in total. The van der Waals surface area contributed by atoms with Gasteiger partial charge in [0, 0.05) is 4.88 Å². The molecule has 0 aliphatic carbocycles. The van der Waals surface area contributed by atoms with Crippen LogP contribution in [0, 0.1) is 6.92 Å². The van der Waals surface area contributed by atoms with Crippen LogP contribution in [0.2, 0.25) is 0 Å². The number of thiophene rings is 1. The fraction of sp³-hybridized carbons (Fsp3) is 0.111. The van der Waals surface area contributed by atoms with Gasteiger partial charge < -0.3 is 14.9 Å². The number of nitrogens with two attached hydrogens (primary N) is 1. The fourth-order valence-electron chi connectivity index (χ4n) is 2.21. The molecule has 3 N–H and O–H groups in total. The molecule has 128 valence electrons. The largest absolute Gasteiger partial charge is 0.497 e. The number of ether oxygens (including phenoxy) is 1. The van der Waals surface area contributed by atoms with Crippen LogP contribution in [-0.4, -0.2) is 19.2 Å². The Hall–Kier alpha value is -3.06. The van der Waals surface area contributed by atoms with Gasteiger partial charge in [-0.3, -0.25) is 4.79 Å². The molecule has 2 heterocycles. The summed E-state index contributed by atoms with van der Waals surface area (Å²) < 4.78 is 10.5. The zero-order valence-corrected chi connectivity index (χ0v) is 14.6. The van der Waals surface area contributed by atoms with Gasteiger partial charge in [0.05, 0.1) is 19.0 Å². The molecular formula is C18H17N3O3S. The van der Waals surface area contributed by atoms with Crippen LogP contribution in [0.25, 0.3) is 10.4 Å². The first-order chi connectivity index (χ1) is 12.1. The average Bonchev–Trinajstić information content (AvgIpc) is 3.20. The highest BCUT2D eigenvalue weighted by molar-refractivity contribution is 7.18. The highest BCUT2D eigenvalue weighted by atomic mass is 32.1. The third-order valence-corrected chi connectivity index (χ3v) is 4.66. The SMILES string of the molecule is COc1ccc(-c2cc(N)c(C(=O)N/N=C\c3ccc(C)o3)s2)cc1. The number of carbonyl (C=O) groups excluding carboxylic acids is 1. The van der Waals surface area contributed by atoms with Gasteiger partial charge in [0.15, 0.2) is 0 Å². The molecule has 0 aliphatic heterocycles. The monoisotopic (exact) mass is 355 g/mol. The Balaban J connectivity index is 1.72. The van der Waals surface area contributed by atoms with Crippen LogP contribution in [0.15, 0.2) is 52.0 Å². The third kappa shape index (κ3) is 3.89. The molecule has 0 radical (unpaired) electrons. The molecule has 0 saturated carbocycles. The van der Waals surface area contributed by atoms with E-state index in [9.17, 15) is 4.79 Å². The van der Waals surface area contributed by atoms with Crippen molar-refractivity contribution in [1.29, 1.82) is 0 Å². The van der Waals surface area contributed by atoms with Gasteiger partial charge in [-0.1, -0.05) is 0 Å². The Morgan fingerprint density at radius 3 is 2.68 bits per heavy atom. The van der Waals surface area contributed by atoms with E-state index >= 15 is 0 Å². The standard InChI is InChI=1S/C18H17N3O3S/c1-11-3-6-14(24-11)10-20-21-18(22)17-15(19)9-16(25-17)12-4-7-13(23-2)8-5-12/h3-10H,19H2,1-2H3,(H,21,22)/b20-10-. The number of rotatable bonds is 5. The summed E-state index contributed by atoms with van der Waals surface area (Å²) in [4.78, 5) is 13.6. The molecule has 1 amide bonds. The molecular weight excluding hydrogens is 338 g/mol. The normalized spacial score (nSPS) is 11.0. The van der Waals surface area contributed by atoms with Crippen LogP contribution in [0.5, 0.6) is 5.75 Å². The summed E-state index contributed by atoms with van der Waals surface area (Å²) in [7, 11) is 1.62. The molecule has 3 aromatic rings. The minimum atomic E-state index is -0.359. The van der Waals surface area contributed by atoms with E-state index in [-0.39, 0.29) is 5.91 Å². The number of hydrogen-bond acceptors (Lipinski definition) is 6. The Morgan fingerprint density at radius 1 is 1.28 bits per heavy atom. The van der Waals surface area contributed by atoms with Crippen molar-refractivity contribution in [2.45, 2.75) is 6.92 Å². The second-order valence-corrected chi connectivity index (χ2v) is 6.32. The molecule has 0 atom stereocenters. The van der Waals surface area contributed by atoms with Crippen molar-refractivity contribution >= 4 is 29.1 Å². The summed E-state index contributed by atoms with van der Waals surface area (Å²) in [5, 5.41) is 3.89. The molecule has 0 unspecified atom stereocenters. The lowest BCUT2D eigenvalue weighted by molar-refractivity contribution is 0.0960. The summed E-state index contributed by atoms with van der Waals surface area (Å²) in [5.74, 6) is 1.76. The van der Waals surface area contributed by atoms with Gasteiger partial charge in [-0.25, -0.2) is 5.43 Å². The first-order valence-electron chi connectivity index (χ1n) is 7.50. The fourth-order valence-corrected chi connectivity index (χ4v) is 3.18. The number of furan rings is 1. The minimum absolute atomic E-state index is 0.359. The summed E-state index contributed by atoms with van der Waals surface area (Å²) >= 11 is 1.31. The van der Waals surface area contributed by atoms with E-state index in [0.717, 1.165) is 22.0 Å². The number of carbonyl (C=O) groups is 1. The van der Waals surface area contributed by atoms with Crippen LogP contribution in [-0.2, 0) is 0 Å². The number of amides is 1. The van der Waals surface area contributed by atoms with Crippen LogP contribution in [0.1, 0.15) is 21.2 Å². The van der Waals surface area contributed by atoms with Crippen LogP contribution in [0.3, 0.4) is 0 Å². The molecule has 1 aromatic carbocycles. The molecule has 3 rings (SSSR count). The minimum Gasteiger partial charge on any atom is -0.497 e. The van der Waals surface area contributed by atoms with E-state index in [1.807, 2.05) is 37.3 Å². The maximum absolute atomic E-state index is 12.3. The number of nitrogen functional groups attached to an aromatic ring is 1. The van der Waals surface area contributed by atoms with Gasteiger partial charge in [-0.15, -0.1) is 11.3 Å². The lowest BCUT2D eigenvalue weighted by Gasteiger charge is -2.00. The van der Waals surface area contributed by atoms with Gasteiger partial charge >= 0.3 is 0 Å². The van der Waals surface area contributed by atoms with E-state index < -0.39 is 0 Å². The van der Waals surface area contributed by atoms with Crippen molar-refractivity contribution in [3.8, 4) is 16.2 Å².